The van der Waals surface area contributed by atoms with Crippen LogP contribution in [0.1, 0.15) is 43.3 Å². The minimum Gasteiger partial charge on any atom is -0.444 e. The number of nitrogens with one attached hydrogen (secondary N) is 1. The second-order valence-electron chi connectivity index (χ2n) is 10.6. The van der Waals surface area contributed by atoms with Crippen molar-refractivity contribution in [3.63, 3.8) is 0 Å². The number of alkyl carbamates (subject to hydrolysis) is 1. The van der Waals surface area contributed by atoms with E-state index in [0.717, 1.165) is 65.6 Å². The lowest BCUT2D eigenvalue weighted by molar-refractivity contribution is 0.0342. The molecule has 1 amide bonds. The van der Waals surface area contributed by atoms with Crippen molar-refractivity contribution in [3.8, 4) is 11.1 Å². The highest BCUT2D eigenvalue weighted by molar-refractivity contribution is 7.17. The number of rotatable bonds is 7. The second kappa shape index (κ2) is 11.6. The predicted octanol–water partition coefficient (Wildman–Crippen LogP) is 5.81. The molecule has 2 aromatic carbocycles. The number of amides is 1. The van der Waals surface area contributed by atoms with E-state index in [0.29, 0.717) is 13.0 Å². The van der Waals surface area contributed by atoms with Crippen LogP contribution in [0, 0.1) is 0 Å². The maximum absolute atomic E-state index is 12.1. The third-order valence-corrected chi connectivity index (χ3v) is 7.24. The summed E-state index contributed by atoms with van der Waals surface area (Å²) >= 11 is 1.64. The largest absolute Gasteiger partial charge is 0.444 e. The maximum Gasteiger partial charge on any atom is 0.407 e. The van der Waals surface area contributed by atoms with Gasteiger partial charge in [0.1, 0.15) is 11.4 Å². The average molecular weight is 531 g/mol. The fraction of sp³-hybridized carbons (Fsp3) is 0.367. The van der Waals surface area contributed by atoms with Crippen LogP contribution in [0.25, 0.3) is 21.3 Å². The summed E-state index contributed by atoms with van der Waals surface area (Å²) in [5.74, 6) is 0.806. The lowest BCUT2D eigenvalue weighted by Crippen LogP contribution is -2.35. The fourth-order valence-electron chi connectivity index (χ4n) is 4.45. The highest BCUT2D eigenvalue weighted by Gasteiger charge is 2.16. The Hall–Kier alpha value is -3.33. The van der Waals surface area contributed by atoms with Gasteiger partial charge in [-0.1, -0.05) is 42.5 Å². The van der Waals surface area contributed by atoms with Gasteiger partial charge in [0.15, 0.2) is 0 Å². The molecule has 38 heavy (non-hydrogen) atoms. The van der Waals surface area contributed by atoms with E-state index < -0.39 is 11.7 Å². The van der Waals surface area contributed by atoms with E-state index >= 15 is 0 Å². The van der Waals surface area contributed by atoms with E-state index in [-0.39, 0.29) is 0 Å². The summed E-state index contributed by atoms with van der Waals surface area (Å²) in [5, 5.41) is 4.96. The summed E-state index contributed by atoms with van der Waals surface area (Å²) in [7, 11) is 0. The third-order valence-electron chi connectivity index (χ3n) is 6.33. The number of benzene rings is 2. The minimum absolute atomic E-state index is 0.395. The first kappa shape index (κ1) is 26.3. The van der Waals surface area contributed by atoms with Crippen LogP contribution in [0.4, 0.5) is 4.79 Å². The molecule has 2 aromatic heterocycles. The molecule has 7 nitrogen and oxygen atoms in total. The summed E-state index contributed by atoms with van der Waals surface area (Å²) < 4.78 is 11.9. The number of ether oxygens (including phenoxy) is 2. The molecule has 8 heteroatoms. The van der Waals surface area contributed by atoms with E-state index in [9.17, 15) is 4.79 Å². The first-order valence-corrected chi connectivity index (χ1v) is 13.9. The Bertz CT molecular complexity index is 1390. The summed E-state index contributed by atoms with van der Waals surface area (Å²) in [6.07, 6.45) is 2.19. The van der Waals surface area contributed by atoms with E-state index in [1.165, 1.54) is 11.1 Å². The maximum atomic E-state index is 12.1. The van der Waals surface area contributed by atoms with Crippen molar-refractivity contribution in [2.24, 2.45) is 0 Å². The van der Waals surface area contributed by atoms with Crippen molar-refractivity contribution in [3.05, 3.63) is 82.6 Å². The number of carbonyl (C=O) groups excluding carboxylic acids is 1. The molecule has 1 saturated heterocycles. The Kier molecular flexibility index (Phi) is 8.02. The van der Waals surface area contributed by atoms with E-state index in [1.807, 2.05) is 39.1 Å². The lowest BCUT2D eigenvalue weighted by Gasteiger charge is -2.26. The lowest BCUT2D eigenvalue weighted by atomic mass is 10.0. The summed E-state index contributed by atoms with van der Waals surface area (Å²) in [5.41, 5.74) is 6.09. The number of hydrogen-bond donors (Lipinski definition) is 1. The van der Waals surface area contributed by atoms with Gasteiger partial charge in [-0.25, -0.2) is 14.8 Å². The highest BCUT2D eigenvalue weighted by atomic mass is 32.1. The number of hydrogen-bond acceptors (Lipinski definition) is 7. The van der Waals surface area contributed by atoms with Crippen LogP contribution in [0.3, 0.4) is 0 Å². The number of carbonyl (C=O) groups is 1. The molecule has 0 radical (unpaired) electrons. The van der Waals surface area contributed by atoms with E-state index in [4.69, 9.17) is 14.5 Å². The molecule has 198 valence electrons. The van der Waals surface area contributed by atoms with Gasteiger partial charge < -0.3 is 14.8 Å². The first-order valence-electron chi connectivity index (χ1n) is 13.0. The quantitative estimate of drug-likeness (QED) is 0.325. The summed E-state index contributed by atoms with van der Waals surface area (Å²) in [6, 6.07) is 16.9. The van der Waals surface area contributed by atoms with Crippen LogP contribution >= 0.6 is 11.3 Å². The smallest absolute Gasteiger partial charge is 0.407 e. The Balaban J connectivity index is 1.27. The van der Waals surface area contributed by atoms with Gasteiger partial charge >= 0.3 is 6.09 Å². The number of nitrogens with zero attached hydrogens (tertiary/aromatic N) is 3. The molecule has 0 bridgehead atoms. The third kappa shape index (κ3) is 6.95. The first-order chi connectivity index (χ1) is 18.3. The number of thiophene rings is 1. The Morgan fingerprint density at radius 2 is 1.84 bits per heavy atom. The molecule has 1 N–H and O–H groups in total. The van der Waals surface area contributed by atoms with Crippen molar-refractivity contribution in [2.45, 2.75) is 45.9 Å². The van der Waals surface area contributed by atoms with E-state index in [2.05, 4.69) is 57.0 Å². The van der Waals surface area contributed by atoms with Gasteiger partial charge in [0.2, 0.25) is 0 Å². The molecule has 1 fully saturated rings. The normalized spacial score (nSPS) is 14.5. The molecule has 1 aliphatic heterocycles. The second-order valence-corrected chi connectivity index (χ2v) is 11.5. The number of fused-ring (bicyclic) bond motifs is 1. The highest BCUT2D eigenvalue weighted by Crippen LogP contribution is 2.33. The van der Waals surface area contributed by atoms with Crippen LogP contribution in [-0.4, -0.2) is 52.9 Å². The van der Waals surface area contributed by atoms with Crippen molar-refractivity contribution < 1.29 is 14.3 Å². The molecule has 0 unspecified atom stereocenters. The van der Waals surface area contributed by atoms with Crippen LogP contribution in [0.5, 0.6) is 0 Å². The Labute approximate surface area is 227 Å². The van der Waals surface area contributed by atoms with Crippen LogP contribution < -0.4 is 5.32 Å². The SMILES string of the molecule is CC(C)(C)OC(=O)NCc1cccc(-c2csc3cnc(Cc4ccc(CN5CCOCC5)cc4)nc23)c1. The van der Waals surface area contributed by atoms with Crippen molar-refractivity contribution in [1.82, 2.24) is 20.2 Å². The molecule has 5 rings (SSSR count). The zero-order chi connectivity index (χ0) is 26.5. The molecular formula is C30H34N4O3S. The number of aromatic nitrogens is 2. The van der Waals surface area contributed by atoms with Crippen LogP contribution in [-0.2, 0) is 29.0 Å². The number of morpholine rings is 1. The summed E-state index contributed by atoms with van der Waals surface area (Å²) in [6.45, 7) is 10.5. The Morgan fingerprint density at radius 3 is 2.61 bits per heavy atom. The van der Waals surface area contributed by atoms with Gasteiger partial charge in [-0.3, -0.25) is 4.90 Å². The van der Waals surface area contributed by atoms with Gasteiger partial charge in [0.05, 0.1) is 23.4 Å². The molecule has 0 spiro atoms. The van der Waals surface area contributed by atoms with Crippen LogP contribution in [0.15, 0.2) is 60.1 Å². The van der Waals surface area contributed by atoms with Gasteiger partial charge in [0.25, 0.3) is 0 Å². The fourth-order valence-corrected chi connectivity index (χ4v) is 5.33. The van der Waals surface area contributed by atoms with Crippen molar-refractivity contribution in [1.29, 1.82) is 0 Å². The summed E-state index contributed by atoms with van der Waals surface area (Å²) in [4.78, 5) is 24.1. The van der Waals surface area contributed by atoms with Gasteiger partial charge in [-0.05, 0) is 49.1 Å². The van der Waals surface area contributed by atoms with Gasteiger partial charge in [-0.2, -0.15) is 0 Å². The molecule has 3 heterocycles. The van der Waals surface area contributed by atoms with Crippen molar-refractivity contribution in [2.75, 3.05) is 26.3 Å². The molecule has 0 aliphatic carbocycles. The minimum atomic E-state index is -0.524. The van der Waals surface area contributed by atoms with E-state index in [1.54, 1.807) is 11.3 Å². The monoisotopic (exact) mass is 530 g/mol. The zero-order valence-corrected chi connectivity index (χ0v) is 23.0. The van der Waals surface area contributed by atoms with Crippen LogP contribution in [0.2, 0.25) is 0 Å². The predicted molar refractivity (Wildman–Crippen MR) is 151 cm³/mol. The average Bonchev–Trinajstić information content (AvgIpc) is 3.32. The van der Waals surface area contributed by atoms with Gasteiger partial charge in [0, 0.05) is 49.7 Å². The van der Waals surface area contributed by atoms with Gasteiger partial charge in [-0.15, -0.1) is 11.3 Å². The zero-order valence-electron chi connectivity index (χ0n) is 22.2. The van der Waals surface area contributed by atoms with Crippen molar-refractivity contribution >= 4 is 27.6 Å². The molecule has 4 aromatic rings. The topological polar surface area (TPSA) is 76.6 Å². The standard InChI is InChI=1S/C30H34N4O3S/c1-30(2,3)37-29(35)32-17-23-5-4-6-24(15-23)25-20-38-26-18-31-27(33-28(25)26)16-21-7-9-22(10-8-21)19-34-11-13-36-14-12-34/h4-10,15,18,20H,11-14,16-17,19H2,1-3H3,(H,32,35). The molecule has 0 saturated carbocycles. The molecule has 0 atom stereocenters. The molecule has 1 aliphatic rings. The molecular weight excluding hydrogens is 496 g/mol. The Morgan fingerprint density at radius 1 is 1.08 bits per heavy atom.